The summed E-state index contributed by atoms with van der Waals surface area (Å²) in [5.41, 5.74) is 1.34. The molecule has 0 radical (unpaired) electrons. The second-order valence-corrected chi connectivity index (χ2v) is 5.96. The topological polar surface area (TPSA) is 21.3 Å². The number of rotatable bonds is 5. The van der Waals surface area contributed by atoms with Crippen LogP contribution < -0.4 is 10.1 Å². The molecule has 3 unspecified atom stereocenters. The van der Waals surface area contributed by atoms with Crippen molar-refractivity contribution in [3.8, 4) is 5.75 Å². The van der Waals surface area contributed by atoms with E-state index in [9.17, 15) is 0 Å². The fourth-order valence-electron chi connectivity index (χ4n) is 3.09. The summed E-state index contributed by atoms with van der Waals surface area (Å²) in [6.45, 7) is 8.47. The molecule has 1 saturated carbocycles. The highest BCUT2D eigenvalue weighted by Crippen LogP contribution is 2.28. The Kier molecular flexibility index (Phi) is 5.26. The first kappa shape index (κ1) is 14.4. The van der Waals surface area contributed by atoms with Crippen molar-refractivity contribution in [3.63, 3.8) is 0 Å². The summed E-state index contributed by atoms with van der Waals surface area (Å²) in [4.78, 5) is 0. The second-order valence-electron chi connectivity index (χ2n) is 5.96. The molecule has 2 nitrogen and oxygen atoms in total. The third-order valence-electron chi connectivity index (χ3n) is 4.23. The molecule has 0 bridgehead atoms. The van der Waals surface area contributed by atoms with Crippen molar-refractivity contribution in [3.05, 3.63) is 29.8 Å². The number of hydrogen-bond donors (Lipinski definition) is 1. The molecule has 1 aromatic rings. The van der Waals surface area contributed by atoms with Gasteiger partial charge in [-0.25, -0.2) is 0 Å². The third-order valence-corrected chi connectivity index (χ3v) is 4.23. The number of benzene rings is 1. The minimum Gasteiger partial charge on any atom is -0.494 e. The quantitative estimate of drug-likeness (QED) is 0.865. The van der Waals surface area contributed by atoms with Crippen LogP contribution >= 0.6 is 0 Å². The van der Waals surface area contributed by atoms with Crippen LogP contribution in [-0.2, 0) is 6.54 Å². The lowest BCUT2D eigenvalue weighted by Crippen LogP contribution is -2.38. The Morgan fingerprint density at radius 1 is 1.16 bits per heavy atom. The van der Waals surface area contributed by atoms with E-state index in [0.717, 1.165) is 30.7 Å². The molecule has 19 heavy (non-hydrogen) atoms. The largest absolute Gasteiger partial charge is 0.494 e. The fourth-order valence-corrected chi connectivity index (χ4v) is 3.09. The average molecular weight is 261 g/mol. The molecule has 1 N–H and O–H groups in total. The van der Waals surface area contributed by atoms with Crippen molar-refractivity contribution in [2.45, 2.75) is 52.6 Å². The van der Waals surface area contributed by atoms with Crippen molar-refractivity contribution < 1.29 is 4.74 Å². The first-order chi connectivity index (χ1) is 9.19. The molecule has 106 valence electrons. The first-order valence-corrected chi connectivity index (χ1v) is 7.64. The Bertz CT molecular complexity index is 373. The lowest BCUT2D eigenvalue weighted by Gasteiger charge is -2.33. The van der Waals surface area contributed by atoms with Gasteiger partial charge in [-0.15, -0.1) is 0 Å². The van der Waals surface area contributed by atoms with E-state index in [1.807, 2.05) is 6.92 Å². The Hall–Kier alpha value is -1.02. The summed E-state index contributed by atoms with van der Waals surface area (Å²) in [6.07, 6.45) is 4.05. The van der Waals surface area contributed by atoms with Gasteiger partial charge in [-0.3, -0.25) is 0 Å². The van der Waals surface area contributed by atoms with E-state index in [1.54, 1.807) is 0 Å². The van der Waals surface area contributed by atoms with Gasteiger partial charge >= 0.3 is 0 Å². The van der Waals surface area contributed by atoms with Gasteiger partial charge < -0.3 is 10.1 Å². The van der Waals surface area contributed by atoms with Crippen LogP contribution in [0.15, 0.2) is 24.3 Å². The van der Waals surface area contributed by atoms with Gasteiger partial charge in [-0.2, -0.15) is 0 Å². The normalized spacial score (nSPS) is 27.2. The molecule has 0 aromatic heterocycles. The van der Waals surface area contributed by atoms with Crippen LogP contribution in [0.1, 0.15) is 45.6 Å². The molecule has 1 fully saturated rings. The van der Waals surface area contributed by atoms with Crippen LogP contribution in [-0.4, -0.2) is 12.6 Å². The molecule has 1 aliphatic carbocycles. The summed E-state index contributed by atoms with van der Waals surface area (Å²) in [5.74, 6) is 2.66. The van der Waals surface area contributed by atoms with Gasteiger partial charge in [0.05, 0.1) is 6.61 Å². The van der Waals surface area contributed by atoms with Gasteiger partial charge in [0.2, 0.25) is 0 Å². The highest BCUT2D eigenvalue weighted by Gasteiger charge is 2.24. The smallest absolute Gasteiger partial charge is 0.119 e. The van der Waals surface area contributed by atoms with Crippen molar-refractivity contribution in [2.24, 2.45) is 11.8 Å². The van der Waals surface area contributed by atoms with Crippen molar-refractivity contribution in [1.29, 1.82) is 0 Å². The van der Waals surface area contributed by atoms with Gasteiger partial charge in [-0.1, -0.05) is 26.0 Å². The Morgan fingerprint density at radius 2 is 1.89 bits per heavy atom. The third kappa shape index (κ3) is 4.24. The van der Waals surface area contributed by atoms with Crippen LogP contribution in [0.25, 0.3) is 0 Å². The minimum absolute atomic E-state index is 0.683. The monoisotopic (exact) mass is 261 g/mol. The molecule has 0 aliphatic heterocycles. The predicted octanol–water partition coefficient (Wildman–Crippen LogP) is 4.00. The number of hydrogen-bond acceptors (Lipinski definition) is 2. The first-order valence-electron chi connectivity index (χ1n) is 7.64. The maximum Gasteiger partial charge on any atom is 0.119 e. The highest BCUT2D eigenvalue weighted by molar-refractivity contribution is 5.27. The molecule has 1 aliphatic rings. The summed E-state index contributed by atoms with van der Waals surface area (Å²) in [5, 5.41) is 3.72. The number of nitrogens with one attached hydrogen (secondary N) is 1. The van der Waals surface area contributed by atoms with E-state index in [0.29, 0.717) is 6.04 Å². The molecular weight excluding hydrogens is 234 g/mol. The highest BCUT2D eigenvalue weighted by atomic mass is 16.5. The van der Waals surface area contributed by atoms with Crippen LogP contribution in [0.5, 0.6) is 5.75 Å². The summed E-state index contributed by atoms with van der Waals surface area (Å²) >= 11 is 0. The van der Waals surface area contributed by atoms with Crippen LogP contribution in [0, 0.1) is 11.8 Å². The summed E-state index contributed by atoms with van der Waals surface area (Å²) in [6, 6.07) is 9.13. The van der Waals surface area contributed by atoms with E-state index >= 15 is 0 Å². The van der Waals surface area contributed by atoms with Crippen LogP contribution in [0.2, 0.25) is 0 Å². The maximum atomic E-state index is 5.46. The van der Waals surface area contributed by atoms with Gasteiger partial charge in [0.15, 0.2) is 0 Å². The lowest BCUT2D eigenvalue weighted by atomic mass is 9.80. The Balaban J connectivity index is 1.81. The molecule has 2 rings (SSSR count). The van der Waals surface area contributed by atoms with E-state index in [2.05, 4.69) is 43.4 Å². The van der Waals surface area contributed by atoms with Gasteiger partial charge in [0.25, 0.3) is 0 Å². The Morgan fingerprint density at radius 3 is 2.53 bits per heavy atom. The van der Waals surface area contributed by atoms with E-state index < -0.39 is 0 Å². The lowest BCUT2D eigenvalue weighted by molar-refractivity contribution is 0.227. The SMILES string of the molecule is CCOc1ccc(CNC2CCC(C)CC2C)cc1. The molecule has 0 heterocycles. The molecule has 0 spiro atoms. The zero-order valence-electron chi connectivity index (χ0n) is 12.5. The molecule has 0 amide bonds. The van der Waals surface area contributed by atoms with Crippen molar-refractivity contribution in [2.75, 3.05) is 6.61 Å². The van der Waals surface area contributed by atoms with Crippen molar-refractivity contribution in [1.82, 2.24) is 5.32 Å². The standard InChI is InChI=1S/C17H27NO/c1-4-19-16-8-6-15(7-9-16)12-18-17-10-5-13(2)11-14(17)3/h6-9,13-14,17-18H,4-5,10-12H2,1-3H3. The zero-order valence-corrected chi connectivity index (χ0v) is 12.5. The zero-order chi connectivity index (χ0) is 13.7. The van der Waals surface area contributed by atoms with Gasteiger partial charge in [-0.05, 0) is 55.7 Å². The molecule has 1 aromatic carbocycles. The van der Waals surface area contributed by atoms with E-state index in [4.69, 9.17) is 4.74 Å². The predicted molar refractivity (Wildman–Crippen MR) is 80.4 cm³/mol. The Labute approximate surface area is 117 Å². The molecule has 2 heteroatoms. The van der Waals surface area contributed by atoms with Gasteiger partial charge in [0, 0.05) is 12.6 Å². The molecule has 3 atom stereocenters. The van der Waals surface area contributed by atoms with Crippen molar-refractivity contribution >= 4 is 0 Å². The summed E-state index contributed by atoms with van der Waals surface area (Å²) in [7, 11) is 0. The van der Waals surface area contributed by atoms with E-state index in [-0.39, 0.29) is 0 Å². The number of ether oxygens (including phenoxy) is 1. The van der Waals surface area contributed by atoms with Crippen LogP contribution in [0.3, 0.4) is 0 Å². The molecular formula is C17H27NO. The molecule has 0 saturated heterocycles. The average Bonchev–Trinajstić information content (AvgIpc) is 2.40. The van der Waals surface area contributed by atoms with Crippen LogP contribution in [0.4, 0.5) is 0 Å². The fraction of sp³-hybridized carbons (Fsp3) is 0.647. The second kappa shape index (κ2) is 6.95. The van der Waals surface area contributed by atoms with E-state index in [1.165, 1.54) is 24.8 Å². The maximum absolute atomic E-state index is 5.46. The minimum atomic E-state index is 0.683. The van der Waals surface area contributed by atoms with Gasteiger partial charge in [0.1, 0.15) is 5.75 Å². The summed E-state index contributed by atoms with van der Waals surface area (Å²) < 4.78 is 5.46.